The van der Waals surface area contributed by atoms with Crippen molar-refractivity contribution in [2.75, 3.05) is 46.1 Å². The zero-order valence-electron chi connectivity index (χ0n) is 17.6. The summed E-state index contributed by atoms with van der Waals surface area (Å²) in [7, 11) is 0. The Kier molecular flexibility index (Phi) is 9.04. The Morgan fingerprint density at radius 1 is 0.885 bits per heavy atom. The molecule has 26 heavy (non-hydrogen) atoms. The van der Waals surface area contributed by atoms with E-state index < -0.39 is 0 Å². The molecule has 1 aliphatic heterocycles. The van der Waals surface area contributed by atoms with Crippen molar-refractivity contribution in [3.05, 3.63) is 0 Å². The standard InChI is InChI=1S/C20H38N2O4/c1-7-21-16-17(23)22(18(21)24)11-8-20(5,6)10-13-26-15-14-25-12-9-19(2,3)4/h7-16H2,1-6H3. The number of imide groups is 1. The molecule has 0 unspecified atom stereocenters. The quantitative estimate of drug-likeness (QED) is 0.389. The zero-order chi connectivity index (χ0) is 19.8. The third-order valence-corrected chi connectivity index (χ3v) is 4.81. The minimum absolute atomic E-state index is 0.0211. The normalized spacial score (nSPS) is 16.1. The van der Waals surface area contributed by atoms with Gasteiger partial charge in [0.25, 0.3) is 0 Å². The molecule has 0 spiro atoms. The molecule has 0 saturated carbocycles. The van der Waals surface area contributed by atoms with Crippen molar-refractivity contribution in [1.29, 1.82) is 0 Å². The number of amides is 3. The molecule has 0 atom stereocenters. The van der Waals surface area contributed by atoms with Crippen LogP contribution in [0, 0.1) is 10.8 Å². The predicted molar refractivity (Wildman–Crippen MR) is 103 cm³/mol. The molecule has 6 nitrogen and oxygen atoms in total. The fourth-order valence-corrected chi connectivity index (χ4v) is 2.65. The van der Waals surface area contributed by atoms with Crippen molar-refractivity contribution in [1.82, 2.24) is 9.80 Å². The van der Waals surface area contributed by atoms with Gasteiger partial charge >= 0.3 is 6.03 Å². The van der Waals surface area contributed by atoms with E-state index >= 15 is 0 Å². The van der Waals surface area contributed by atoms with Gasteiger partial charge in [0.1, 0.15) is 6.54 Å². The lowest BCUT2D eigenvalue weighted by Gasteiger charge is -2.26. The van der Waals surface area contributed by atoms with Crippen molar-refractivity contribution < 1.29 is 19.1 Å². The van der Waals surface area contributed by atoms with Gasteiger partial charge in [-0.1, -0.05) is 34.6 Å². The first-order valence-electron chi connectivity index (χ1n) is 9.80. The van der Waals surface area contributed by atoms with Crippen LogP contribution in [0.2, 0.25) is 0 Å². The van der Waals surface area contributed by atoms with E-state index in [0.29, 0.717) is 38.3 Å². The fraction of sp³-hybridized carbons (Fsp3) is 0.900. The van der Waals surface area contributed by atoms with Crippen LogP contribution in [-0.4, -0.2) is 67.8 Å². The van der Waals surface area contributed by atoms with Crippen molar-refractivity contribution in [2.24, 2.45) is 10.8 Å². The molecule has 1 fully saturated rings. The lowest BCUT2D eigenvalue weighted by atomic mass is 9.86. The summed E-state index contributed by atoms with van der Waals surface area (Å²) < 4.78 is 11.3. The second-order valence-corrected chi connectivity index (χ2v) is 9.04. The highest BCUT2D eigenvalue weighted by atomic mass is 16.5. The van der Waals surface area contributed by atoms with E-state index in [4.69, 9.17) is 9.47 Å². The molecule has 1 aliphatic rings. The minimum atomic E-state index is -0.156. The van der Waals surface area contributed by atoms with Gasteiger partial charge in [-0.05, 0) is 37.0 Å². The molecule has 0 N–H and O–H groups in total. The monoisotopic (exact) mass is 370 g/mol. The second kappa shape index (κ2) is 10.3. The van der Waals surface area contributed by atoms with Crippen LogP contribution in [0.5, 0.6) is 0 Å². The van der Waals surface area contributed by atoms with Crippen molar-refractivity contribution in [2.45, 2.75) is 60.8 Å². The molecule has 0 bridgehead atoms. The maximum absolute atomic E-state index is 12.1. The van der Waals surface area contributed by atoms with Gasteiger partial charge in [0.2, 0.25) is 5.91 Å². The molecule has 0 aromatic heterocycles. The molecule has 6 heteroatoms. The van der Waals surface area contributed by atoms with Gasteiger partial charge in [-0.25, -0.2) is 4.79 Å². The number of carbonyl (C=O) groups is 2. The number of nitrogens with zero attached hydrogens (tertiary/aromatic N) is 2. The first-order chi connectivity index (χ1) is 12.1. The summed E-state index contributed by atoms with van der Waals surface area (Å²) in [6.45, 7) is 16.8. The van der Waals surface area contributed by atoms with Gasteiger partial charge in [-0.3, -0.25) is 9.69 Å². The number of likely N-dealkylation sites (N-methyl/N-ethyl adjacent to an activating group) is 1. The zero-order valence-corrected chi connectivity index (χ0v) is 17.6. The Bertz CT molecular complexity index is 457. The molecule has 3 amide bonds. The molecule has 0 aromatic carbocycles. The topological polar surface area (TPSA) is 59.1 Å². The Labute approximate surface area is 159 Å². The Balaban J connectivity index is 2.15. The molecular weight excluding hydrogens is 332 g/mol. The number of urea groups is 1. The molecule has 0 aliphatic carbocycles. The van der Waals surface area contributed by atoms with Gasteiger partial charge in [0.05, 0.1) is 13.2 Å². The van der Waals surface area contributed by atoms with Crippen LogP contribution >= 0.6 is 0 Å². The molecule has 0 radical (unpaired) electrons. The number of carbonyl (C=O) groups excluding carboxylic acids is 2. The number of hydrogen-bond acceptors (Lipinski definition) is 4. The Morgan fingerprint density at radius 2 is 1.46 bits per heavy atom. The second-order valence-electron chi connectivity index (χ2n) is 9.04. The smallest absolute Gasteiger partial charge is 0.327 e. The third kappa shape index (κ3) is 8.49. The number of rotatable bonds is 12. The van der Waals surface area contributed by atoms with Crippen LogP contribution in [0.3, 0.4) is 0 Å². The van der Waals surface area contributed by atoms with E-state index in [1.807, 2.05) is 6.92 Å². The highest BCUT2D eigenvalue weighted by Gasteiger charge is 2.35. The summed E-state index contributed by atoms with van der Waals surface area (Å²) in [6, 6.07) is -0.156. The first-order valence-corrected chi connectivity index (χ1v) is 9.80. The van der Waals surface area contributed by atoms with E-state index in [-0.39, 0.29) is 23.9 Å². The summed E-state index contributed by atoms with van der Waals surface area (Å²) in [4.78, 5) is 27.0. The maximum atomic E-state index is 12.1. The van der Waals surface area contributed by atoms with Crippen LogP contribution in [0.4, 0.5) is 4.79 Å². The molecule has 1 rings (SSSR count). The molecule has 1 heterocycles. The summed E-state index contributed by atoms with van der Waals surface area (Å²) in [5.41, 5.74) is 0.324. The maximum Gasteiger partial charge on any atom is 0.327 e. The van der Waals surface area contributed by atoms with Crippen molar-refractivity contribution in [3.8, 4) is 0 Å². The highest BCUT2D eigenvalue weighted by Crippen LogP contribution is 2.26. The fourth-order valence-electron chi connectivity index (χ4n) is 2.65. The number of ether oxygens (including phenoxy) is 2. The molecule has 152 valence electrons. The van der Waals surface area contributed by atoms with Gasteiger partial charge in [0, 0.05) is 26.3 Å². The van der Waals surface area contributed by atoms with Crippen molar-refractivity contribution in [3.63, 3.8) is 0 Å². The highest BCUT2D eigenvalue weighted by molar-refractivity contribution is 6.01. The van der Waals surface area contributed by atoms with E-state index in [9.17, 15) is 9.59 Å². The van der Waals surface area contributed by atoms with Crippen molar-refractivity contribution >= 4 is 11.9 Å². The summed E-state index contributed by atoms with van der Waals surface area (Å²) in [6.07, 6.45) is 2.72. The summed E-state index contributed by atoms with van der Waals surface area (Å²) in [5, 5.41) is 0. The van der Waals surface area contributed by atoms with Gasteiger partial charge in [-0.15, -0.1) is 0 Å². The van der Waals surface area contributed by atoms with Crippen LogP contribution < -0.4 is 0 Å². The van der Waals surface area contributed by atoms with Crippen LogP contribution in [-0.2, 0) is 14.3 Å². The van der Waals surface area contributed by atoms with Gasteiger partial charge in [-0.2, -0.15) is 0 Å². The Morgan fingerprint density at radius 3 is 1.96 bits per heavy atom. The first kappa shape index (κ1) is 22.9. The molecular formula is C20H38N2O4. The van der Waals surface area contributed by atoms with E-state index in [1.54, 1.807) is 4.90 Å². The molecule has 0 aromatic rings. The molecule has 1 saturated heterocycles. The van der Waals surface area contributed by atoms with E-state index in [2.05, 4.69) is 34.6 Å². The van der Waals surface area contributed by atoms with E-state index in [1.165, 1.54) is 4.90 Å². The third-order valence-electron chi connectivity index (χ3n) is 4.81. The lowest BCUT2D eigenvalue weighted by molar-refractivity contribution is -0.125. The van der Waals surface area contributed by atoms with Crippen LogP contribution in [0.25, 0.3) is 0 Å². The van der Waals surface area contributed by atoms with Crippen LogP contribution in [0.15, 0.2) is 0 Å². The van der Waals surface area contributed by atoms with Gasteiger partial charge < -0.3 is 14.4 Å². The lowest BCUT2D eigenvalue weighted by Crippen LogP contribution is -2.35. The minimum Gasteiger partial charge on any atom is -0.379 e. The average molecular weight is 371 g/mol. The van der Waals surface area contributed by atoms with Crippen LogP contribution in [0.1, 0.15) is 60.8 Å². The van der Waals surface area contributed by atoms with E-state index in [0.717, 1.165) is 25.9 Å². The largest absolute Gasteiger partial charge is 0.379 e. The number of hydrogen-bond donors (Lipinski definition) is 0. The Hall–Kier alpha value is -1.14. The summed E-state index contributed by atoms with van der Waals surface area (Å²) in [5.74, 6) is -0.0868. The van der Waals surface area contributed by atoms with Gasteiger partial charge in [0.15, 0.2) is 0 Å². The SMILES string of the molecule is CCN1CC(=O)N(CCC(C)(C)CCOCCOCCC(C)(C)C)C1=O. The summed E-state index contributed by atoms with van der Waals surface area (Å²) >= 11 is 0. The average Bonchev–Trinajstić information content (AvgIpc) is 2.81. The predicted octanol–water partition coefficient (Wildman–Crippen LogP) is 3.55.